The molecule has 0 aliphatic carbocycles. The first-order valence-corrected chi connectivity index (χ1v) is 20.3. The minimum Gasteiger partial charge on any atom is -0.309 e. The van der Waals surface area contributed by atoms with E-state index in [1.54, 1.807) is 0 Å². The monoisotopic (exact) mass is 751 g/mol. The van der Waals surface area contributed by atoms with Gasteiger partial charge in [0, 0.05) is 49.4 Å². The fourth-order valence-electron chi connectivity index (χ4n) is 9.44. The van der Waals surface area contributed by atoms with Crippen LogP contribution in [0.15, 0.2) is 224 Å². The average Bonchev–Trinajstić information content (AvgIpc) is 3.82. The summed E-state index contributed by atoms with van der Waals surface area (Å²) >= 11 is 0. The smallest absolute Gasteiger partial charge is 0.0541 e. The van der Waals surface area contributed by atoms with Crippen LogP contribution in [0, 0.1) is 0 Å². The first kappa shape index (κ1) is 33.3. The van der Waals surface area contributed by atoms with Crippen LogP contribution in [0.5, 0.6) is 0 Å². The highest BCUT2D eigenvalue weighted by atomic mass is 15.1. The van der Waals surface area contributed by atoms with Crippen LogP contribution in [-0.4, -0.2) is 9.13 Å². The van der Waals surface area contributed by atoms with E-state index in [1.165, 1.54) is 65.2 Å². The molecule has 3 heteroatoms. The summed E-state index contributed by atoms with van der Waals surface area (Å²) in [6, 6.07) is 82.0. The van der Waals surface area contributed by atoms with Crippen LogP contribution >= 0.6 is 0 Å². The van der Waals surface area contributed by atoms with Gasteiger partial charge in [-0.1, -0.05) is 152 Å². The third-order valence-electron chi connectivity index (χ3n) is 12.0. The fourth-order valence-corrected chi connectivity index (χ4v) is 9.44. The maximum Gasteiger partial charge on any atom is 0.0541 e. The van der Waals surface area contributed by atoms with E-state index in [2.05, 4.69) is 238 Å². The van der Waals surface area contributed by atoms with Crippen LogP contribution in [0.4, 0.5) is 17.1 Å². The van der Waals surface area contributed by atoms with Crippen molar-refractivity contribution in [2.75, 3.05) is 4.90 Å². The standard InChI is InChI=1S/C56H37N3/c1-2-20-42(21-3-1)57-55-29-13-10-26-49(55)50-36-40(32-33-56(50)57)41-34-43(37-44(35-41)59-53-27-11-8-24-47(53)48-25-9-12-28-54(48)59)58(51-30-14-18-38-16-4-6-22-45(38)51)52-31-15-19-39-17-5-7-23-46(39)52/h1-37H. The molecule has 12 aromatic rings. The van der Waals surface area contributed by atoms with Crippen molar-refractivity contribution in [1.29, 1.82) is 0 Å². The third-order valence-corrected chi connectivity index (χ3v) is 12.0. The summed E-state index contributed by atoms with van der Waals surface area (Å²) in [6.07, 6.45) is 0. The van der Waals surface area contributed by atoms with Gasteiger partial charge in [0.1, 0.15) is 0 Å². The molecule has 276 valence electrons. The van der Waals surface area contributed by atoms with Gasteiger partial charge in [-0.15, -0.1) is 0 Å². The third kappa shape index (κ3) is 5.29. The Morgan fingerprint density at radius 1 is 0.271 bits per heavy atom. The van der Waals surface area contributed by atoms with Gasteiger partial charge in [-0.2, -0.15) is 0 Å². The zero-order chi connectivity index (χ0) is 38.9. The first-order valence-electron chi connectivity index (χ1n) is 20.3. The quantitative estimate of drug-likeness (QED) is 0.165. The van der Waals surface area contributed by atoms with Gasteiger partial charge in [0.05, 0.1) is 33.4 Å². The zero-order valence-electron chi connectivity index (χ0n) is 32.2. The Morgan fingerprint density at radius 2 is 0.729 bits per heavy atom. The minimum atomic E-state index is 1.08. The van der Waals surface area contributed by atoms with Crippen LogP contribution in [0.2, 0.25) is 0 Å². The molecule has 0 spiro atoms. The number of aromatic nitrogens is 2. The Hall–Kier alpha value is -7.88. The van der Waals surface area contributed by atoms with Gasteiger partial charge in [-0.3, -0.25) is 0 Å². The molecule has 0 radical (unpaired) electrons. The van der Waals surface area contributed by atoms with Crippen molar-refractivity contribution in [2.45, 2.75) is 0 Å². The van der Waals surface area contributed by atoms with E-state index in [1.807, 2.05) is 0 Å². The molecule has 0 amide bonds. The summed E-state index contributed by atoms with van der Waals surface area (Å²) in [5.41, 5.74) is 12.7. The Labute approximate surface area is 341 Å². The van der Waals surface area contributed by atoms with Crippen molar-refractivity contribution in [2.24, 2.45) is 0 Å². The van der Waals surface area contributed by atoms with E-state index >= 15 is 0 Å². The molecule has 2 heterocycles. The van der Waals surface area contributed by atoms with E-state index in [0.717, 1.165) is 39.6 Å². The van der Waals surface area contributed by atoms with E-state index in [0.29, 0.717) is 0 Å². The van der Waals surface area contributed by atoms with Crippen LogP contribution in [0.1, 0.15) is 0 Å². The summed E-state index contributed by atoms with van der Waals surface area (Å²) < 4.78 is 4.83. The Balaban J connectivity index is 1.18. The molecule has 0 unspecified atom stereocenters. The summed E-state index contributed by atoms with van der Waals surface area (Å²) in [4.78, 5) is 2.48. The van der Waals surface area contributed by atoms with Gasteiger partial charge in [-0.05, 0) is 94.7 Å². The maximum atomic E-state index is 2.48. The van der Waals surface area contributed by atoms with E-state index in [9.17, 15) is 0 Å². The van der Waals surface area contributed by atoms with Crippen molar-refractivity contribution < 1.29 is 0 Å². The van der Waals surface area contributed by atoms with Gasteiger partial charge in [0.25, 0.3) is 0 Å². The van der Waals surface area contributed by atoms with Crippen LogP contribution < -0.4 is 4.90 Å². The highest BCUT2D eigenvalue weighted by Crippen LogP contribution is 2.45. The number of para-hydroxylation sites is 4. The SMILES string of the molecule is c1ccc(-n2c3ccccc3c3cc(-c4cc(N(c5cccc6ccccc56)c5cccc6ccccc56)cc(-n5c6ccccc6c6ccccc65)c4)ccc32)cc1. The number of anilines is 3. The second kappa shape index (κ2) is 13.4. The summed E-state index contributed by atoms with van der Waals surface area (Å²) in [5.74, 6) is 0. The number of hydrogen-bond donors (Lipinski definition) is 0. The number of fused-ring (bicyclic) bond motifs is 8. The topological polar surface area (TPSA) is 13.1 Å². The molecule has 0 atom stereocenters. The lowest BCUT2D eigenvalue weighted by Crippen LogP contribution is -2.12. The van der Waals surface area contributed by atoms with Gasteiger partial charge in [0.15, 0.2) is 0 Å². The van der Waals surface area contributed by atoms with E-state index in [-0.39, 0.29) is 0 Å². The van der Waals surface area contributed by atoms with Gasteiger partial charge in [0.2, 0.25) is 0 Å². The van der Waals surface area contributed by atoms with Gasteiger partial charge < -0.3 is 14.0 Å². The lowest BCUT2D eigenvalue weighted by Gasteiger charge is -2.29. The van der Waals surface area contributed by atoms with Gasteiger partial charge >= 0.3 is 0 Å². The highest BCUT2D eigenvalue weighted by Gasteiger charge is 2.22. The molecular weight excluding hydrogens is 715 g/mol. The predicted molar refractivity (Wildman–Crippen MR) is 250 cm³/mol. The molecule has 3 nitrogen and oxygen atoms in total. The highest BCUT2D eigenvalue weighted by molar-refractivity contribution is 6.12. The molecule has 10 aromatic carbocycles. The fraction of sp³-hybridized carbons (Fsp3) is 0. The molecular formula is C56H37N3. The number of nitrogens with zero attached hydrogens (tertiary/aromatic N) is 3. The summed E-state index contributed by atoms with van der Waals surface area (Å²) in [6.45, 7) is 0. The van der Waals surface area contributed by atoms with E-state index in [4.69, 9.17) is 0 Å². The zero-order valence-corrected chi connectivity index (χ0v) is 32.2. The normalized spacial score (nSPS) is 11.7. The van der Waals surface area contributed by atoms with Crippen LogP contribution in [0.25, 0.3) is 87.7 Å². The molecule has 0 saturated carbocycles. The predicted octanol–water partition coefficient (Wildman–Crippen LogP) is 15.3. The maximum absolute atomic E-state index is 2.48. The summed E-state index contributed by atoms with van der Waals surface area (Å²) in [7, 11) is 0. The average molecular weight is 752 g/mol. The number of rotatable bonds is 6. The van der Waals surface area contributed by atoms with Crippen molar-refractivity contribution >= 4 is 82.2 Å². The largest absolute Gasteiger partial charge is 0.309 e. The van der Waals surface area contributed by atoms with Crippen molar-refractivity contribution in [3.63, 3.8) is 0 Å². The second-order valence-corrected chi connectivity index (χ2v) is 15.4. The first-order chi connectivity index (χ1) is 29.3. The minimum absolute atomic E-state index is 1.08. The second-order valence-electron chi connectivity index (χ2n) is 15.4. The van der Waals surface area contributed by atoms with Gasteiger partial charge in [-0.25, -0.2) is 0 Å². The van der Waals surface area contributed by atoms with Crippen LogP contribution in [-0.2, 0) is 0 Å². The van der Waals surface area contributed by atoms with E-state index < -0.39 is 0 Å². The Kier molecular flexibility index (Phi) is 7.54. The molecule has 0 aliphatic heterocycles. The van der Waals surface area contributed by atoms with Crippen molar-refractivity contribution in [3.05, 3.63) is 224 Å². The molecule has 0 N–H and O–H groups in total. The Morgan fingerprint density at radius 3 is 1.32 bits per heavy atom. The molecule has 2 aromatic heterocycles. The molecule has 0 saturated heterocycles. The summed E-state index contributed by atoms with van der Waals surface area (Å²) in [5, 5.41) is 9.74. The van der Waals surface area contributed by atoms with Crippen molar-refractivity contribution in [1.82, 2.24) is 9.13 Å². The molecule has 59 heavy (non-hydrogen) atoms. The van der Waals surface area contributed by atoms with Crippen LogP contribution in [0.3, 0.4) is 0 Å². The lowest BCUT2D eigenvalue weighted by molar-refractivity contribution is 1.17. The molecule has 12 rings (SSSR count). The number of benzene rings is 10. The molecule has 0 aliphatic rings. The van der Waals surface area contributed by atoms with Crippen molar-refractivity contribution in [3.8, 4) is 22.5 Å². The Bertz CT molecular complexity index is 3430. The molecule has 0 fully saturated rings. The lowest BCUT2D eigenvalue weighted by atomic mass is 9.99. The number of hydrogen-bond acceptors (Lipinski definition) is 1. The molecule has 0 bridgehead atoms.